The van der Waals surface area contributed by atoms with Crippen molar-refractivity contribution in [2.75, 3.05) is 20.2 Å². The quantitative estimate of drug-likeness (QED) is 0.455. The second kappa shape index (κ2) is 8.94. The largest absolute Gasteiger partial charge is 0.496 e. The number of hydrogen-bond donors (Lipinski definition) is 2. The third-order valence-corrected chi connectivity index (χ3v) is 7.85. The first-order valence-electron chi connectivity index (χ1n) is 12.4. The van der Waals surface area contributed by atoms with Crippen molar-refractivity contribution in [1.82, 2.24) is 15.2 Å². The van der Waals surface area contributed by atoms with Gasteiger partial charge in [0.15, 0.2) is 0 Å². The number of aryl methyl sites for hydroxylation is 1. The number of halogens is 2. The summed E-state index contributed by atoms with van der Waals surface area (Å²) in [6, 6.07) is 11.8. The van der Waals surface area contributed by atoms with E-state index in [1.54, 1.807) is 7.11 Å². The summed E-state index contributed by atoms with van der Waals surface area (Å²) in [7, 11) is 1.69. The zero-order valence-corrected chi connectivity index (χ0v) is 20.6. The third kappa shape index (κ3) is 4.42. The van der Waals surface area contributed by atoms with E-state index in [1.807, 2.05) is 37.4 Å². The van der Waals surface area contributed by atoms with E-state index in [9.17, 15) is 13.6 Å². The number of benzene rings is 2. The normalized spacial score (nSPS) is 21.1. The molecule has 2 heterocycles. The Bertz CT molecular complexity index is 1230. The van der Waals surface area contributed by atoms with Crippen LogP contribution >= 0.6 is 0 Å². The number of nitrogens with zero attached hydrogens (tertiary/aromatic N) is 1. The Labute approximate surface area is 204 Å². The lowest BCUT2D eigenvalue weighted by Gasteiger charge is -2.54. The molecule has 1 aliphatic carbocycles. The van der Waals surface area contributed by atoms with Crippen LogP contribution in [0.25, 0.3) is 10.9 Å². The number of nitrogens with one attached hydrogen (secondary N) is 2. The number of ether oxygens (including phenoxy) is 1. The predicted molar refractivity (Wildman–Crippen MR) is 133 cm³/mol. The Morgan fingerprint density at radius 2 is 1.97 bits per heavy atom. The van der Waals surface area contributed by atoms with E-state index < -0.39 is 5.92 Å². The molecule has 1 amide bonds. The van der Waals surface area contributed by atoms with Crippen LogP contribution in [0.3, 0.4) is 0 Å². The zero-order chi connectivity index (χ0) is 24.8. The number of piperidine rings is 1. The second-order valence-electron chi connectivity index (χ2n) is 10.3. The molecular weight excluding hydrogens is 448 g/mol. The van der Waals surface area contributed by atoms with Crippen LogP contribution in [0.15, 0.2) is 42.6 Å². The zero-order valence-electron chi connectivity index (χ0n) is 20.6. The molecule has 0 bridgehead atoms. The molecule has 5 nitrogen and oxygen atoms in total. The Balaban J connectivity index is 1.48. The standard InChI is InChI=1S/C28H33F2N3O2/c1-4-31-26(34)20-7-5-19(6-8-20)23-14-27(16-28(29,30)17-27)10-12-33(23)15-22-21-9-11-32-25(21)18(2)13-24(22)35-3/h5-9,11,13,23,32H,4,10,12,14-17H2,1-3H3,(H,31,34)/t23-/m0/s1. The van der Waals surface area contributed by atoms with Crippen LogP contribution in [0, 0.1) is 12.3 Å². The summed E-state index contributed by atoms with van der Waals surface area (Å²) >= 11 is 0. The van der Waals surface area contributed by atoms with Crippen molar-refractivity contribution in [3.8, 4) is 5.75 Å². The van der Waals surface area contributed by atoms with Crippen LogP contribution in [0.1, 0.15) is 65.7 Å². The van der Waals surface area contributed by atoms with E-state index >= 15 is 0 Å². The van der Waals surface area contributed by atoms with Crippen molar-refractivity contribution in [2.45, 2.75) is 58.0 Å². The van der Waals surface area contributed by atoms with Crippen LogP contribution in [0.5, 0.6) is 5.75 Å². The highest BCUT2D eigenvalue weighted by molar-refractivity contribution is 5.94. The lowest BCUT2D eigenvalue weighted by molar-refractivity contribution is -0.186. The van der Waals surface area contributed by atoms with Gasteiger partial charge in [0.05, 0.1) is 7.11 Å². The molecule has 0 radical (unpaired) electrons. The number of likely N-dealkylation sites (tertiary alicyclic amines) is 1. The van der Waals surface area contributed by atoms with Gasteiger partial charge >= 0.3 is 0 Å². The minimum atomic E-state index is -2.55. The minimum Gasteiger partial charge on any atom is -0.496 e. The van der Waals surface area contributed by atoms with Crippen molar-refractivity contribution < 1.29 is 18.3 Å². The maximum Gasteiger partial charge on any atom is 0.251 e. The predicted octanol–water partition coefficient (Wildman–Crippen LogP) is 5.99. The van der Waals surface area contributed by atoms with E-state index in [4.69, 9.17) is 4.74 Å². The lowest BCUT2D eigenvalue weighted by atomic mass is 9.59. The van der Waals surface area contributed by atoms with Crippen molar-refractivity contribution in [3.63, 3.8) is 0 Å². The van der Waals surface area contributed by atoms with Gasteiger partial charge in [0.2, 0.25) is 5.92 Å². The number of carbonyl (C=O) groups excluding carboxylic acids is 1. The summed E-state index contributed by atoms with van der Waals surface area (Å²) in [6.45, 7) is 5.92. The Morgan fingerprint density at radius 1 is 1.23 bits per heavy atom. The third-order valence-electron chi connectivity index (χ3n) is 7.85. The van der Waals surface area contributed by atoms with Gasteiger partial charge in [-0.05, 0) is 74.0 Å². The maximum atomic E-state index is 14.0. The smallest absolute Gasteiger partial charge is 0.251 e. The van der Waals surface area contributed by atoms with Gasteiger partial charge < -0.3 is 15.0 Å². The minimum absolute atomic E-state index is 0.0110. The fraction of sp³-hybridized carbons (Fsp3) is 0.464. The fourth-order valence-electron chi connectivity index (χ4n) is 6.17. The molecular formula is C28H33F2N3O2. The van der Waals surface area contributed by atoms with Gasteiger partial charge in [-0.1, -0.05) is 12.1 Å². The lowest BCUT2D eigenvalue weighted by Crippen LogP contribution is -2.53. The number of aromatic amines is 1. The molecule has 1 spiro atoms. The van der Waals surface area contributed by atoms with Gasteiger partial charge in [-0.2, -0.15) is 0 Å². The summed E-state index contributed by atoms with van der Waals surface area (Å²) in [5.74, 6) is -1.81. The average Bonchev–Trinajstić information content (AvgIpc) is 3.31. The summed E-state index contributed by atoms with van der Waals surface area (Å²) in [4.78, 5) is 18.0. The van der Waals surface area contributed by atoms with Gasteiger partial charge in [0.1, 0.15) is 5.75 Å². The highest BCUT2D eigenvalue weighted by Crippen LogP contribution is 2.60. The van der Waals surface area contributed by atoms with Crippen LogP contribution in [0.4, 0.5) is 8.78 Å². The first-order chi connectivity index (χ1) is 16.7. The number of fused-ring (bicyclic) bond motifs is 1. The molecule has 3 aromatic rings. The van der Waals surface area contributed by atoms with Gasteiger partial charge in [-0.15, -0.1) is 0 Å². The first-order valence-corrected chi connectivity index (χ1v) is 12.4. The summed E-state index contributed by atoms with van der Waals surface area (Å²) < 4.78 is 33.7. The number of amides is 1. The number of hydrogen-bond acceptors (Lipinski definition) is 3. The van der Waals surface area contributed by atoms with Gasteiger partial charge in [-0.3, -0.25) is 9.69 Å². The van der Waals surface area contributed by atoms with Crippen LogP contribution in [-0.2, 0) is 6.54 Å². The number of aromatic nitrogens is 1. The number of alkyl halides is 2. The summed E-state index contributed by atoms with van der Waals surface area (Å²) in [5, 5.41) is 3.95. The van der Waals surface area contributed by atoms with Gasteiger partial charge in [-0.25, -0.2) is 8.78 Å². The molecule has 1 atom stereocenters. The Kier molecular flexibility index (Phi) is 6.08. The highest BCUT2D eigenvalue weighted by atomic mass is 19.3. The second-order valence-corrected chi connectivity index (χ2v) is 10.3. The molecule has 0 unspecified atom stereocenters. The van der Waals surface area contributed by atoms with E-state index in [0.717, 1.165) is 46.3 Å². The number of rotatable bonds is 6. The molecule has 1 aliphatic heterocycles. The van der Waals surface area contributed by atoms with E-state index in [1.165, 1.54) is 0 Å². The topological polar surface area (TPSA) is 57.4 Å². The number of methoxy groups -OCH3 is 1. The van der Waals surface area contributed by atoms with E-state index in [-0.39, 0.29) is 30.2 Å². The average molecular weight is 482 g/mol. The molecule has 2 aliphatic rings. The first kappa shape index (κ1) is 23.8. The number of H-pyrrole nitrogens is 1. The van der Waals surface area contributed by atoms with Crippen LogP contribution in [-0.4, -0.2) is 41.9 Å². The van der Waals surface area contributed by atoms with Crippen LogP contribution in [0.2, 0.25) is 0 Å². The highest BCUT2D eigenvalue weighted by Gasteiger charge is 2.58. The molecule has 2 aromatic carbocycles. The molecule has 1 saturated heterocycles. The summed E-state index contributed by atoms with van der Waals surface area (Å²) in [5.41, 5.74) is 4.67. The van der Waals surface area contributed by atoms with Crippen LogP contribution < -0.4 is 10.1 Å². The molecule has 2 N–H and O–H groups in total. The molecule has 2 fully saturated rings. The maximum absolute atomic E-state index is 14.0. The van der Waals surface area contributed by atoms with Crippen molar-refractivity contribution in [1.29, 1.82) is 0 Å². The Hall–Kier alpha value is -2.93. The van der Waals surface area contributed by atoms with E-state index in [0.29, 0.717) is 25.1 Å². The molecule has 1 saturated carbocycles. The molecule has 7 heteroatoms. The fourth-order valence-corrected chi connectivity index (χ4v) is 6.17. The molecule has 5 rings (SSSR count). The van der Waals surface area contributed by atoms with Crippen molar-refractivity contribution in [3.05, 3.63) is 64.8 Å². The van der Waals surface area contributed by atoms with Gasteiger partial charge in [0, 0.05) is 60.2 Å². The SMILES string of the molecule is CCNC(=O)c1ccc([C@@H]2CC3(CCN2Cc2c(OC)cc(C)c4[nH]ccc24)CC(F)(F)C3)cc1. The number of carbonyl (C=O) groups is 1. The summed E-state index contributed by atoms with van der Waals surface area (Å²) in [6.07, 6.45) is 3.34. The van der Waals surface area contributed by atoms with Crippen molar-refractivity contribution >= 4 is 16.8 Å². The molecule has 186 valence electrons. The van der Waals surface area contributed by atoms with Gasteiger partial charge in [0.25, 0.3) is 5.91 Å². The molecule has 1 aromatic heterocycles. The van der Waals surface area contributed by atoms with E-state index in [2.05, 4.69) is 34.3 Å². The monoisotopic (exact) mass is 481 g/mol. The Morgan fingerprint density at radius 3 is 2.63 bits per heavy atom. The molecule has 35 heavy (non-hydrogen) atoms. The van der Waals surface area contributed by atoms with Crippen molar-refractivity contribution in [2.24, 2.45) is 5.41 Å².